The van der Waals surface area contributed by atoms with Crippen LogP contribution in [0.4, 0.5) is 0 Å². The van der Waals surface area contributed by atoms with Crippen molar-refractivity contribution < 1.29 is 4.74 Å². The molecule has 0 amide bonds. The van der Waals surface area contributed by atoms with E-state index < -0.39 is 0 Å². The minimum atomic E-state index is 0.280. The zero-order valence-corrected chi connectivity index (χ0v) is 12.8. The van der Waals surface area contributed by atoms with Crippen LogP contribution in [0.25, 0.3) is 0 Å². The van der Waals surface area contributed by atoms with E-state index in [2.05, 4.69) is 43.1 Å². The summed E-state index contributed by atoms with van der Waals surface area (Å²) in [6.45, 7) is 6.64. The van der Waals surface area contributed by atoms with E-state index in [4.69, 9.17) is 4.74 Å². The van der Waals surface area contributed by atoms with Gasteiger partial charge in [-0.15, -0.1) is 6.58 Å². The van der Waals surface area contributed by atoms with E-state index in [1.807, 2.05) is 37.4 Å². The van der Waals surface area contributed by atoms with E-state index in [0.29, 0.717) is 6.61 Å². The zero-order chi connectivity index (χ0) is 15.1. The highest BCUT2D eigenvalue weighted by Gasteiger charge is 2.10. The largest absolute Gasteiger partial charge is 0.489 e. The fourth-order valence-corrected chi connectivity index (χ4v) is 2.30. The number of benzene rings is 2. The third-order valence-corrected chi connectivity index (χ3v) is 3.41. The van der Waals surface area contributed by atoms with Gasteiger partial charge in [0, 0.05) is 6.04 Å². The molecule has 2 aromatic rings. The summed E-state index contributed by atoms with van der Waals surface area (Å²) >= 11 is 0. The SMILES string of the molecule is C=C(C)CC(NC)c1cccc(OCc2ccccc2)c1. The summed E-state index contributed by atoms with van der Waals surface area (Å²) < 4.78 is 5.88. The van der Waals surface area contributed by atoms with Gasteiger partial charge in [0.15, 0.2) is 0 Å². The Bertz CT molecular complexity index is 577. The lowest BCUT2D eigenvalue weighted by atomic mass is 10.0. The third kappa shape index (κ3) is 4.76. The molecule has 0 fully saturated rings. The van der Waals surface area contributed by atoms with Crippen LogP contribution < -0.4 is 10.1 Å². The van der Waals surface area contributed by atoms with Crippen molar-refractivity contribution in [1.29, 1.82) is 0 Å². The molecule has 1 N–H and O–H groups in total. The number of nitrogens with one attached hydrogen (secondary N) is 1. The fourth-order valence-electron chi connectivity index (χ4n) is 2.30. The molecule has 0 heterocycles. The smallest absolute Gasteiger partial charge is 0.120 e. The first-order valence-corrected chi connectivity index (χ1v) is 7.27. The Morgan fingerprint density at radius 3 is 2.57 bits per heavy atom. The molecule has 1 unspecified atom stereocenters. The Hall–Kier alpha value is -2.06. The maximum atomic E-state index is 5.88. The summed E-state index contributed by atoms with van der Waals surface area (Å²) in [5, 5.41) is 3.33. The van der Waals surface area contributed by atoms with Crippen LogP contribution >= 0.6 is 0 Å². The van der Waals surface area contributed by atoms with Gasteiger partial charge in [0.2, 0.25) is 0 Å². The molecule has 0 radical (unpaired) electrons. The second-order valence-corrected chi connectivity index (χ2v) is 5.35. The van der Waals surface area contributed by atoms with E-state index >= 15 is 0 Å². The average Bonchev–Trinajstić information content (AvgIpc) is 2.52. The number of hydrogen-bond donors (Lipinski definition) is 1. The summed E-state index contributed by atoms with van der Waals surface area (Å²) in [7, 11) is 1.98. The molecule has 0 aromatic heterocycles. The maximum Gasteiger partial charge on any atom is 0.120 e. The molecule has 0 spiro atoms. The van der Waals surface area contributed by atoms with Gasteiger partial charge in [-0.2, -0.15) is 0 Å². The van der Waals surface area contributed by atoms with Gasteiger partial charge in [-0.3, -0.25) is 0 Å². The molecule has 0 saturated heterocycles. The van der Waals surface area contributed by atoms with Crippen molar-refractivity contribution >= 4 is 0 Å². The Morgan fingerprint density at radius 2 is 1.90 bits per heavy atom. The van der Waals surface area contributed by atoms with Crippen LogP contribution in [0.5, 0.6) is 5.75 Å². The third-order valence-electron chi connectivity index (χ3n) is 3.41. The minimum Gasteiger partial charge on any atom is -0.489 e. The lowest BCUT2D eigenvalue weighted by Gasteiger charge is -2.17. The first-order chi connectivity index (χ1) is 10.2. The quantitative estimate of drug-likeness (QED) is 0.755. The second kappa shape index (κ2) is 7.65. The van der Waals surface area contributed by atoms with Crippen LogP contribution in [0.3, 0.4) is 0 Å². The van der Waals surface area contributed by atoms with Crippen LogP contribution in [0.1, 0.15) is 30.5 Å². The first-order valence-electron chi connectivity index (χ1n) is 7.27. The summed E-state index contributed by atoms with van der Waals surface area (Å²) in [6, 6.07) is 18.8. The molecular formula is C19H23NO. The Kier molecular flexibility index (Phi) is 5.59. The highest BCUT2D eigenvalue weighted by atomic mass is 16.5. The fraction of sp³-hybridized carbons (Fsp3) is 0.263. The molecule has 2 rings (SSSR count). The Balaban J connectivity index is 2.04. The van der Waals surface area contributed by atoms with E-state index in [9.17, 15) is 0 Å². The van der Waals surface area contributed by atoms with Gasteiger partial charge in [0.25, 0.3) is 0 Å². The molecule has 110 valence electrons. The predicted molar refractivity (Wildman–Crippen MR) is 88.4 cm³/mol. The number of ether oxygens (including phenoxy) is 1. The number of rotatable bonds is 7. The normalized spacial score (nSPS) is 11.9. The van der Waals surface area contributed by atoms with E-state index in [-0.39, 0.29) is 6.04 Å². The van der Waals surface area contributed by atoms with Crippen LogP contribution in [0, 0.1) is 0 Å². The van der Waals surface area contributed by atoms with Crippen molar-refractivity contribution in [2.75, 3.05) is 7.05 Å². The molecule has 0 bridgehead atoms. The van der Waals surface area contributed by atoms with Gasteiger partial charge in [-0.05, 0) is 43.7 Å². The highest BCUT2D eigenvalue weighted by molar-refractivity contribution is 5.31. The lowest BCUT2D eigenvalue weighted by molar-refractivity contribution is 0.305. The number of hydrogen-bond acceptors (Lipinski definition) is 2. The second-order valence-electron chi connectivity index (χ2n) is 5.35. The summed E-state index contributed by atoms with van der Waals surface area (Å²) in [6.07, 6.45) is 0.929. The molecule has 1 atom stereocenters. The Labute approximate surface area is 127 Å². The van der Waals surface area contributed by atoms with Crippen molar-refractivity contribution in [3.8, 4) is 5.75 Å². The maximum absolute atomic E-state index is 5.88. The van der Waals surface area contributed by atoms with Crippen LogP contribution in [0.2, 0.25) is 0 Å². The van der Waals surface area contributed by atoms with Gasteiger partial charge in [0.05, 0.1) is 0 Å². The van der Waals surface area contributed by atoms with Gasteiger partial charge in [0.1, 0.15) is 12.4 Å². The molecule has 0 aliphatic carbocycles. The van der Waals surface area contributed by atoms with Crippen molar-refractivity contribution in [3.63, 3.8) is 0 Å². The lowest BCUT2D eigenvalue weighted by Crippen LogP contribution is -2.16. The summed E-state index contributed by atoms with van der Waals surface area (Å²) in [5.74, 6) is 0.901. The monoisotopic (exact) mass is 281 g/mol. The van der Waals surface area contributed by atoms with Gasteiger partial charge in [-0.25, -0.2) is 0 Å². The topological polar surface area (TPSA) is 21.3 Å². The predicted octanol–water partition coefficient (Wildman–Crippen LogP) is 4.49. The molecule has 0 saturated carbocycles. The molecule has 0 aliphatic heterocycles. The van der Waals surface area contributed by atoms with E-state index in [1.54, 1.807) is 0 Å². The molecule has 2 heteroatoms. The van der Waals surface area contributed by atoms with Gasteiger partial charge < -0.3 is 10.1 Å². The van der Waals surface area contributed by atoms with Crippen LogP contribution in [0.15, 0.2) is 66.7 Å². The van der Waals surface area contributed by atoms with Crippen LogP contribution in [-0.2, 0) is 6.61 Å². The highest BCUT2D eigenvalue weighted by Crippen LogP contribution is 2.24. The van der Waals surface area contributed by atoms with Crippen molar-refractivity contribution in [1.82, 2.24) is 5.32 Å². The van der Waals surface area contributed by atoms with Crippen molar-refractivity contribution in [3.05, 3.63) is 77.9 Å². The van der Waals surface area contributed by atoms with Gasteiger partial charge in [-0.1, -0.05) is 48.0 Å². The minimum absolute atomic E-state index is 0.280. The summed E-state index contributed by atoms with van der Waals surface area (Å²) in [5.41, 5.74) is 3.58. The molecule has 0 aliphatic rings. The van der Waals surface area contributed by atoms with E-state index in [1.165, 1.54) is 16.7 Å². The first kappa shape index (κ1) is 15.3. The van der Waals surface area contributed by atoms with Crippen molar-refractivity contribution in [2.45, 2.75) is 26.0 Å². The zero-order valence-electron chi connectivity index (χ0n) is 12.8. The van der Waals surface area contributed by atoms with E-state index in [0.717, 1.165) is 12.2 Å². The van der Waals surface area contributed by atoms with Gasteiger partial charge >= 0.3 is 0 Å². The van der Waals surface area contributed by atoms with Crippen molar-refractivity contribution in [2.24, 2.45) is 0 Å². The summed E-state index contributed by atoms with van der Waals surface area (Å²) in [4.78, 5) is 0. The van der Waals surface area contributed by atoms with Crippen LogP contribution in [-0.4, -0.2) is 7.05 Å². The average molecular weight is 281 g/mol. The molecule has 2 nitrogen and oxygen atoms in total. The molecule has 2 aromatic carbocycles. The molecule has 21 heavy (non-hydrogen) atoms. The molecular weight excluding hydrogens is 258 g/mol. The standard InChI is InChI=1S/C19H23NO/c1-15(2)12-19(20-3)17-10-7-11-18(13-17)21-14-16-8-5-4-6-9-16/h4-11,13,19-20H,1,12,14H2,2-3H3. The Morgan fingerprint density at radius 1 is 1.14 bits per heavy atom.